The van der Waals surface area contributed by atoms with E-state index in [-0.39, 0.29) is 99.7 Å². The Bertz CT molecular complexity index is 1550. The molecule has 0 aliphatic heterocycles. The molecule has 0 radical (unpaired) electrons. The highest BCUT2D eigenvalue weighted by molar-refractivity contribution is 5.98. The van der Waals surface area contributed by atoms with E-state index < -0.39 is 47.8 Å². The van der Waals surface area contributed by atoms with Crippen molar-refractivity contribution in [2.45, 2.75) is 112 Å². The Labute approximate surface area is 334 Å². The molecule has 0 saturated heterocycles. The minimum absolute atomic E-state index is 0.0157. The zero-order valence-corrected chi connectivity index (χ0v) is 34.5. The average molecular weight is 803 g/mol. The van der Waals surface area contributed by atoms with Crippen LogP contribution in [0.1, 0.15) is 92.6 Å². The number of esters is 1. The van der Waals surface area contributed by atoms with Crippen molar-refractivity contribution in [3.63, 3.8) is 0 Å². The molecule has 0 heterocycles. The summed E-state index contributed by atoms with van der Waals surface area (Å²) in [5.74, 6) is -4.22. The molecule has 1 rings (SSSR count). The lowest BCUT2D eigenvalue weighted by Gasteiger charge is -2.25. The van der Waals surface area contributed by atoms with Crippen LogP contribution in [0, 0.1) is 17.8 Å². The van der Waals surface area contributed by atoms with Gasteiger partial charge in [-0.1, -0.05) is 53.7 Å². The molecule has 3 atom stereocenters. The third kappa shape index (κ3) is 20.3. The van der Waals surface area contributed by atoms with E-state index in [2.05, 4.69) is 31.9 Å². The molecule has 0 aliphatic rings. The smallest absolute Gasteiger partial charge is 0.312 e. The number of carbonyl (C=O) groups excluding carboxylic acids is 9. The van der Waals surface area contributed by atoms with Crippen molar-refractivity contribution in [3.8, 4) is 0 Å². The van der Waals surface area contributed by atoms with E-state index in [1.165, 1.54) is 11.9 Å². The first-order valence-electron chi connectivity index (χ1n) is 19.2. The molecule has 0 aromatic heterocycles. The van der Waals surface area contributed by atoms with Crippen molar-refractivity contribution >= 4 is 58.9 Å². The third-order valence-corrected chi connectivity index (χ3v) is 8.59. The van der Waals surface area contributed by atoms with Gasteiger partial charge in [0.1, 0.15) is 18.7 Å². The standard InChI is InChI=1S/C39H62N8O10/c1-23(2)34(46-31(49)13-9-12-30(48)41-20-18-33(51)47(8)21-32(50)43-26(7)35(52)24(3)4)37(54)45-29(11-10-19-42-39(40)56)36(53)44-28-16-14-27(15-17-28)22-57-38(55)25(5)6/h14-17,23-26,29,34H,9-13,18-22H2,1-8H3,(H,41,48)(H,43,50)(H,44,53)(H,45,54)(H,46,49)(H3,40,42,56)/t26-,29-,34-/m0/s1. The number of ether oxygens (including phenoxy) is 1. The van der Waals surface area contributed by atoms with Gasteiger partial charge in [-0.3, -0.25) is 38.4 Å². The van der Waals surface area contributed by atoms with Crippen molar-refractivity contribution in [3.05, 3.63) is 29.8 Å². The number of hydrogen-bond acceptors (Lipinski definition) is 10. The minimum atomic E-state index is -1.05. The van der Waals surface area contributed by atoms with Gasteiger partial charge in [0.25, 0.3) is 0 Å². The molecule has 18 nitrogen and oxygen atoms in total. The first kappa shape index (κ1) is 49.5. The molecule has 8 N–H and O–H groups in total. The summed E-state index contributed by atoms with van der Waals surface area (Å²) in [6.45, 7) is 12.0. The lowest BCUT2D eigenvalue weighted by molar-refractivity contribution is -0.148. The molecule has 318 valence electrons. The van der Waals surface area contributed by atoms with Crippen LogP contribution >= 0.6 is 0 Å². The molecule has 0 fully saturated rings. The van der Waals surface area contributed by atoms with E-state index in [0.29, 0.717) is 17.7 Å². The minimum Gasteiger partial charge on any atom is -0.461 e. The molecule has 1 aromatic carbocycles. The van der Waals surface area contributed by atoms with E-state index in [9.17, 15) is 43.2 Å². The van der Waals surface area contributed by atoms with Crippen LogP contribution in [-0.4, -0.2) is 103 Å². The number of hydrogen-bond donors (Lipinski definition) is 7. The summed E-state index contributed by atoms with van der Waals surface area (Å²) in [6, 6.07) is 3.17. The number of Topliss-reactive ketones (excluding diaryl/α,β-unsaturated/α-hetero) is 1. The Morgan fingerprint density at radius 2 is 1.33 bits per heavy atom. The number of nitrogens with zero attached hydrogens (tertiary/aromatic N) is 1. The van der Waals surface area contributed by atoms with Crippen molar-refractivity contribution in [2.24, 2.45) is 23.5 Å². The number of likely N-dealkylation sites (N-methyl/N-ethyl adjacent to an activating group) is 1. The Morgan fingerprint density at radius 3 is 1.91 bits per heavy atom. The van der Waals surface area contributed by atoms with E-state index >= 15 is 0 Å². The summed E-state index contributed by atoms with van der Waals surface area (Å²) in [7, 11) is 1.44. The fourth-order valence-electron chi connectivity index (χ4n) is 5.22. The van der Waals surface area contributed by atoms with E-state index in [1.807, 2.05) is 0 Å². The normalized spacial score (nSPS) is 12.5. The molecule has 0 bridgehead atoms. The number of primary amides is 1. The number of anilines is 1. The molecule has 0 saturated carbocycles. The predicted molar refractivity (Wildman–Crippen MR) is 212 cm³/mol. The molecular formula is C39H62N8O10. The second-order valence-corrected chi connectivity index (χ2v) is 14.8. The van der Waals surface area contributed by atoms with Crippen molar-refractivity contribution in [2.75, 3.05) is 32.0 Å². The Hall–Kier alpha value is -5.55. The third-order valence-electron chi connectivity index (χ3n) is 8.59. The largest absolute Gasteiger partial charge is 0.461 e. The van der Waals surface area contributed by atoms with Gasteiger partial charge in [0, 0.05) is 51.0 Å². The maximum absolute atomic E-state index is 13.4. The lowest BCUT2D eigenvalue weighted by Crippen LogP contribution is -2.54. The number of benzene rings is 1. The summed E-state index contributed by atoms with van der Waals surface area (Å²) >= 11 is 0. The van der Waals surface area contributed by atoms with Crippen molar-refractivity contribution in [1.82, 2.24) is 31.5 Å². The zero-order valence-electron chi connectivity index (χ0n) is 34.5. The fourth-order valence-corrected chi connectivity index (χ4v) is 5.22. The SMILES string of the molecule is CC(C)C(=O)OCc1ccc(NC(=O)[C@H](CCCNC(N)=O)NC(=O)[C@@H](NC(=O)CCCC(=O)NCCC(=O)N(C)CC(=O)N[C@@H](C)C(=O)C(C)C)C(C)C)cc1. The first-order valence-corrected chi connectivity index (χ1v) is 19.2. The quantitative estimate of drug-likeness (QED) is 0.0550. The van der Waals surface area contributed by atoms with E-state index in [0.717, 1.165) is 0 Å². The van der Waals surface area contributed by atoms with Crippen molar-refractivity contribution in [1.29, 1.82) is 0 Å². The summed E-state index contributed by atoms with van der Waals surface area (Å²) in [5.41, 5.74) is 6.28. The van der Waals surface area contributed by atoms with Crippen LogP contribution in [-0.2, 0) is 49.7 Å². The second-order valence-electron chi connectivity index (χ2n) is 14.8. The van der Waals surface area contributed by atoms with Crippen molar-refractivity contribution < 1.29 is 47.9 Å². The van der Waals surface area contributed by atoms with Gasteiger partial charge in [-0.25, -0.2) is 4.79 Å². The van der Waals surface area contributed by atoms with Crippen LogP contribution in [0.3, 0.4) is 0 Å². The average Bonchev–Trinajstić information content (AvgIpc) is 3.13. The Morgan fingerprint density at radius 1 is 0.702 bits per heavy atom. The van der Waals surface area contributed by atoms with E-state index in [1.54, 1.807) is 72.7 Å². The van der Waals surface area contributed by atoms with Gasteiger partial charge < -0.3 is 47.3 Å². The molecule has 0 aliphatic carbocycles. The number of ketones is 1. The van der Waals surface area contributed by atoms with Gasteiger partial charge in [0.15, 0.2) is 5.78 Å². The van der Waals surface area contributed by atoms with Gasteiger partial charge in [0.2, 0.25) is 35.4 Å². The van der Waals surface area contributed by atoms with Gasteiger partial charge in [-0.05, 0) is 49.8 Å². The van der Waals surface area contributed by atoms with Crippen LogP contribution in [0.15, 0.2) is 24.3 Å². The predicted octanol–water partition coefficient (Wildman–Crippen LogP) is 1.26. The summed E-state index contributed by atoms with van der Waals surface area (Å²) in [5, 5.41) is 15.8. The molecule has 18 heteroatoms. The van der Waals surface area contributed by atoms with Gasteiger partial charge in [-0.2, -0.15) is 0 Å². The van der Waals surface area contributed by atoms with Gasteiger partial charge in [-0.15, -0.1) is 0 Å². The maximum atomic E-state index is 13.4. The summed E-state index contributed by atoms with van der Waals surface area (Å²) < 4.78 is 5.23. The topological polar surface area (TPSA) is 264 Å². The number of amides is 8. The molecule has 1 aromatic rings. The highest BCUT2D eigenvalue weighted by Crippen LogP contribution is 2.14. The highest BCUT2D eigenvalue weighted by atomic mass is 16.5. The number of carbonyl (C=O) groups is 9. The Balaban J connectivity index is 2.67. The summed E-state index contributed by atoms with van der Waals surface area (Å²) in [4.78, 5) is 113. The first-order chi connectivity index (χ1) is 26.7. The van der Waals surface area contributed by atoms with Gasteiger partial charge in [0.05, 0.1) is 18.5 Å². The molecule has 0 unspecified atom stereocenters. The van der Waals surface area contributed by atoms with Crippen LogP contribution in [0.4, 0.5) is 10.5 Å². The number of nitrogens with one attached hydrogen (secondary N) is 6. The van der Waals surface area contributed by atoms with Crippen LogP contribution < -0.4 is 37.6 Å². The highest BCUT2D eigenvalue weighted by Gasteiger charge is 2.29. The molecule has 8 amide bonds. The maximum Gasteiger partial charge on any atom is 0.312 e. The van der Waals surface area contributed by atoms with E-state index in [4.69, 9.17) is 10.5 Å². The zero-order chi connectivity index (χ0) is 43.2. The Kier molecular flexibility index (Phi) is 22.2. The molecule has 0 spiro atoms. The number of rotatable bonds is 25. The second kappa shape index (κ2) is 25.6. The summed E-state index contributed by atoms with van der Waals surface area (Å²) in [6.07, 6.45) is 0.422. The molecular weight excluding hydrogens is 740 g/mol. The van der Waals surface area contributed by atoms with Crippen LogP contribution in [0.25, 0.3) is 0 Å². The number of nitrogens with two attached hydrogens (primary N) is 1. The van der Waals surface area contributed by atoms with Crippen LogP contribution in [0.5, 0.6) is 0 Å². The lowest BCUT2D eigenvalue weighted by atomic mass is 10.0. The van der Waals surface area contributed by atoms with Gasteiger partial charge >= 0.3 is 12.0 Å². The number of urea groups is 1. The van der Waals surface area contributed by atoms with Crippen LogP contribution in [0.2, 0.25) is 0 Å². The molecule has 57 heavy (non-hydrogen) atoms. The fraction of sp³-hybridized carbons (Fsp3) is 0.615. The monoisotopic (exact) mass is 802 g/mol.